The van der Waals surface area contributed by atoms with Gasteiger partial charge in [0.05, 0.1) is 6.04 Å². The Hall–Kier alpha value is -2.27. The molecule has 0 radical (unpaired) electrons. The Kier molecular flexibility index (Phi) is 4.72. The van der Waals surface area contributed by atoms with Crippen LogP contribution >= 0.6 is 11.8 Å². The lowest BCUT2D eigenvalue weighted by atomic mass is 9.96. The summed E-state index contributed by atoms with van der Waals surface area (Å²) in [7, 11) is 0. The lowest BCUT2D eigenvalue weighted by Gasteiger charge is -2.33. The van der Waals surface area contributed by atoms with Gasteiger partial charge in [0.2, 0.25) is 0 Å². The second-order valence-corrected chi connectivity index (χ2v) is 9.20. The van der Waals surface area contributed by atoms with E-state index in [1.807, 2.05) is 24.3 Å². The molecule has 1 atom stereocenters. The van der Waals surface area contributed by atoms with E-state index >= 15 is 0 Å². The van der Waals surface area contributed by atoms with Crippen LogP contribution in [0.1, 0.15) is 31.4 Å². The Morgan fingerprint density at radius 3 is 2.67 bits per heavy atom. The highest BCUT2D eigenvalue weighted by Crippen LogP contribution is 2.39. The molecule has 1 aromatic heterocycles. The van der Waals surface area contributed by atoms with Gasteiger partial charge in [-0.05, 0) is 36.6 Å². The molecular weight excluding hydrogens is 362 g/mol. The van der Waals surface area contributed by atoms with Gasteiger partial charge in [0.25, 0.3) is 0 Å². The maximum absolute atomic E-state index is 13.9. The van der Waals surface area contributed by atoms with Gasteiger partial charge in [-0.2, -0.15) is 0 Å². The zero-order valence-electron chi connectivity index (χ0n) is 15.2. The predicted molar refractivity (Wildman–Crippen MR) is 108 cm³/mol. The summed E-state index contributed by atoms with van der Waals surface area (Å²) in [5.74, 6) is -1.78. The number of aliphatic imine (C=N–C) groups is 1. The summed E-state index contributed by atoms with van der Waals surface area (Å²) >= 11 is 1.71. The van der Waals surface area contributed by atoms with Crippen molar-refractivity contribution >= 4 is 27.7 Å². The molecule has 0 spiro atoms. The van der Waals surface area contributed by atoms with Crippen molar-refractivity contribution in [1.29, 1.82) is 0 Å². The first kappa shape index (κ1) is 18.1. The standard InChI is InChI=1S/C22H20F2N2S/c1-22(2)12-17(10-14-6-4-3-5-7-14)26-21(27-22)16-11-15-8-9-18(23)19(24)20(15)25-13-16/h3-9,11,13,17H,10,12H2,1-2H3. The van der Waals surface area contributed by atoms with Crippen molar-refractivity contribution in [3.8, 4) is 0 Å². The molecule has 5 heteroatoms. The van der Waals surface area contributed by atoms with Gasteiger partial charge in [-0.3, -0.25) is 9.98 Å². The quantitative estimate of drug-likeness (QED) is 0.573. The van der Waals surface area contributed by atoms with Crippen LogP contribution in [-0.4, -0.2) is 20.8 Å². The number of fused-ring (bicyclic) bond motifs is 1. The van der Waals surface area contributed by atoms with E-state index in [1.165, 1.54) is 5.56 Å². The third-order valence-electron chi connectivity index (χ3n) is 4.71. The van der Waals surface area contributed by atoms with E-state index in [1.54, 1.807) is 24.0 Å². The summed E-state index contributed by atoms with van der Waals surface area (Å²) in [6.45, 7) is 4.43. The van der Waals surface area contributed by atoms with Gasteiger partial charge in [-0.25, -0.2) is 8.78 Å². The summed E-state index contributed by atoms with van der Waals surface area (Å²) in [6, 6.07) is 15.1. The number of halogens is 2. The summed E-state index contributed by atoms with van der Waals surface area (Å²) in [5.41, 5.74) is 2.17. The van der Waals surface area contributed by atoms with Gasteiger partial charge in [-0.15, -0.1) is 0 Å². The molecule has 0 fully saturated rings. The van der Waals surface area contributed by atoms with Crippen LogP contribution < -0.4 is 0 Å². The summed E-state index contributed by atoms with van der Waals surface area (Å²) in [6.07, 6.45) is 3.46. The smallest absolute Gasteiger partial charge is 0.184 e. The minimum atomic E-state index is -0.903. The fourth-order valence-electron chi connectivity index (χ4n) is 3.50. The van der Waals surface area contributed by atoms with Gasteiger partial charge in [0.1, 0.15) is 10.6 Å². The topological polar surface area (TPSA) is 25.2 Å². The molecule has 0 amide bonds. The molecule has 138 valence electrons. The Morgan fingerprint density at radius 1 is 1.11 bits per heavy atom. The van der Waals surface area contributed by atoms with Crippen molar-refractivity contribution < 1.29 is 8.78 Å². The number of thioether (sulfide) groups is 1. The van der Waals surface area contributed by atoms with E-state index in [-0.39, 0.29) is 16.3 Å². The largest absolute Gasteiger partial charge is 0.274 e. The molecular formula is C22H20F2N2S. The van der Waals surface area contributed by atoms with Crippen LogP contribution in [0.2, 0.25) is 0 Å². The van der Waals surface area contributed by atoms with Gasteiger partial charge >= 0.3 is 0 Å². The van der Waals surface area contributed by atoms with Crippen molar-refractivity contribution in [3.05, 3.63) is 77.5 Å². The third kappa shape index (κ3) is 3.88. The van der Waals surface area contributed by atoms with Crippen molar-refractivity contribution in [1.82, 2.24) is 4.98 Å². The number of pyridine rings is 1. The van der Waals surface area contributed by atoms with Crippen LogP contribution in [0.15, 0.2) is 59.7 Å². The molecule has 0 aliphatic carbocycles. The van der Waals surface area contributed by atoms with E-state index in [4.69, 9.17) is 4.99 Å². The number of benzene rings is 2. The van der Waals surface area contributed by atoms with Crippen LogP contribution in [0.3, 0.4) is 0 Å². The molecule has 0 N–H and O–H groups in total. The zero-order chi connectivity index (χ0) is 19.0. The second kappa shape index (κ2) is 7.04. The van der Waals surface area contributed by atoms with E-state index in [0.29, 0.717) is 5.39 Å². The minimum Gasteiger partial charge on any atom is -0.274 e. The minimum absolute atomic E-state index is 0.0412. The van der Waals surface area contributed by atoms with E-state index in [2.05, 4.69) is 31.0 Å². The van der Waals surface area contributed by atoms with E-state index in [9.17, 15) is 8.78 Å². The normalized spacial score (nSPS) is 19.1. The first-order valence-electron chi connectivity index (χ1n) is 8.96. The summed E-state index contributed by atoms with van der Waals surface area (Å²) in [5, 5.41) is 1.49. The molecule has 2 heterocycles. The Labute approximate surface area is 161 Å². The third-order valence-corrected chi connectivity index (χ3v) is 5.96. The molecule has 3 aromatic rings. The zero-order valence-corrected chi connectivity index (χ0v) is 16.1. The molecule has 0 saturated heterocycles. The van der Waals surface area contributed by atoms with Crippen molar-refractivity contribution in [2.45, 2.75) is 37.5 Å². The van der Waals surface area contributed by atoms with Crippen LogP contribution in [-0.2, 0) is 6.42 Å². The maximum Gasteiger partial charge on any atom is 0.184 e. The lowest BCUT2D eigenvalue weighted by Crippen LogP contribution is -2.31. The van der Waals surface area contributed by atoms with E-state index < -0.39 is 11.6 Å². The molecule has 0 saturated carbocycles. The highest BCUT2D eigenvalue weighted by atomic mass is 32.2. The predicted octanol–water partition coefficient (Wildman–Crippen LogP) is 5.79. The number of nitrogens with zero attached hydrogens (tertiary/aromatic N) is 2. The molecule has 4 rings (SSSR count). The fourth-order valence-corrected chi connectivity index (χ4v) is 4.73. The first-order valence-corrected chi connectivity index (χ1v) is 9.78. The number of hydrogen-bond acceptors (Lipinski definition) is 3. The maximum atomic E-state index is 13.9. The molecule has 27 heavy (non-hydrogen) atoms. The Bertz CT molecular complexity index is 1020. The van der Waals surface area contributed by atoms with Crippen LogP contribution in [0, 0.1) is 11.6 Å². The lowest BCUT2D eigenvalue weighted by molar-refractivity contribution is 0.515. The average molecular weight is 382 g/mol. The summed E-state index contributed by atoms with van der Waals surface area (Å²) in [4.78, 5) is 9.13. The van der Waals surface area contributed by atoms with Crippen molar-refractivity contribution in [3.63, 3.8) is 0 Å². The van der Waals surface area contributed by atoms with Gasteiger partial charge < -0.3 is 0 Å². The Morgan fingerprint density at radius 2 is 1.89 bits per heavy atom. The molecule has 1 aliphatic heterocycles. The molecule has 1 aliphatic rings. The van der Waals surface area contributed by atoms with Crippen LogP contribution in [0.25, 0.3) is 10.9 Å². The molecule has 1 unspecified atom stereocenters. The number of aromatic nitrogens is 1. The van der Waals surface area contributed by atoms with E-state index in [0.717, 1.165) is 29.5 Å². The number of rotatable bonds is 3. The second-order valence-electron chi connectivity index (χ2n) is 7.50. The molecule has 2 nitrogen and oxygen atoms in total. The van der Waals surface area contributed by atoms with Gasteiger partial charge in [0.15, 0.2) is 11.6 Å². The van der Waals surface area contributed by atoms with Crippen molar-refractivity contribution in [2.24, 2.45) is 4.99 Å². The van der Waals surface area contributed by atoms with Crippen molar-refractivity contribution in [2.75, 3.05) is 0 Å². The van der Waals surface area contributed by atoms with Gasteiger partial charge in [0, 0.05) is 21.9 Å². The first-order chi connectivity index (χ1) is 12.9. The Balaban J connectivity index is 1.70. The number of hydrogen-bond donors (Lipinski definition) is 0. The highest BCUT2D eigenvalue weighted by molar-refractivity contribution is 8.15. The van der Waals surface area contributed by atoms with Crippen LogP contribution in [0.5, 0.6) is 0 Å². The average Bonchev–Trinajstić information content (AvgIpc) is 2.64. The molecule has 2 aromatic carbocycles. The molecule has 0 bridgehead atoms. The van der Waals surface area contributed by atoms with Gasteiger partial charge in [-0.1, -0.05) is 55.9 Å². The summed E-state index contributed by atoms with van der Waals surface area (Å²) < 4.78 is 27.4. The highest BCUT2D eigenvalue weighted by Gasteiger charge is 2.31. The monoisotopic (exact) mass is 382 g/mol. The SMILES string of the molecule is CC1(C)CC(Cc2ccccc2)N=C(c2cnc3c(F)c(F)ccc3c2)S1. The fraction of sp³-hybridized carbons (Fsp3) is 0.273. The van der Waals surface area contributed by atoms with Crippen LogP contribution in [0.4, 0.5) is 8.78 Å².